The molecule has 3 amide bonds. The number of amides is 3. The zero-order valence-electron chi connectivity index (χ0n) is 7.29. The zero-order valence-corrected chi connectivity index (χ0v) is 9.45. The lowest BCUT2D eigenvalue weighted by molar-refractivity contribution is -0.120. The summed E-state index contributed by atoms with van der Waals surface area (Å²) < 4.78 is 4.28. The van der Waals surface area contributed by atoms with Crippen molar-refractivity contribution in [2.75, 3.05) is 0 Å². The lowest BCUT2D eigenvalue weighted by atomic mass is 10.1. The molecular formula is C9H9IN2O2. The number of hydrogen-bond donors (Lipinski definition) is 2. The smallest absolute Gasteiger partial charge is 0.322 e. The van der Waals surface area contributed by atoms with Gasteiger partial charge in [0.2, 0.25) is 0 Å². The van der Waals surface area contributed by atoms with Gasteiger partial charge in [-0.05, 0) is 13.7 Å². The molecule has 0 radical (unpaired) electrons. The lowest BCUT2D eigenvalue weighted by Crippen LogP contribution is -2.29. The molecule has 2 heterocycles. The molecule has 0 aromatic carbocycles. The van der Waals surface area contributed by atoms with Crippen LogP contribution in [0.25, 0.3) is 0 Å². The first kappa shape index (κ1) is 9.57. The summed E-state index contributed by atoms with van der Waals surface area (Å²) in [4.78, 5) is 22.0. The highest BCUT2D eigenvalue weighted by Crippen LogP contribution is 2.15. The van der Waals surface area contributed by atoms with Crippen molar-refractivity contribution in [1.29, 1.82) is 0 Å². The molecule has 1 atom stereocenters. The molecule has 1 unspecified atom stereocenters. The van der Waals surface area contributed by atoms with Crippen LogP contribution in [0.4, 0.5) is 4.79 Å². The van der Waals surface area contributed by atoms with Gasteiger partial charge in [-0.1, -0.05) is 32.9 Å². The van der Waals surface area contributed by atoms with Crippen molar-refractivity contribution in [2.24, 2.45) is 0 Å². The minimum atomic E-state index is -0.400. The predicted molar refractivity (Wildman–Crippen MR) is 62.4 cm³/mol. The molecule has 2 aliphatic heterocycles. The SMILES string of the molecule is O=C1NC(=O)C(CC2=CC=IC=C2)N1. The van der Waals surface area contributed by atoms with Gasteiger partial charge in [0.05, 0.1) is 0 Å². The van der Waals surface area contributed by atoms with Crippen LogP contribution in [-0.4, -0.2) is 22.0 Å². The van der Waals surface area contributed by atoms with Gasteiger partial charge in [0, 0.05) is 6.42 Å². The average Bonchev–Trinajstić information content (AvgIpc) is 2.47. The molecule has 2 N–H and O–H groups in total. The molecule has 5 heteroatoms. The highest BCUT2D eigenvalue weighted by atomic mass is 127. The summed E-state index contributed by atoms with van der Waals surface area (Å²) in [7, 11) is 0. The van der Waals surface area contributed by atoms with Crippen molar-refractivity contribution >= 4 is 36.7 Å². The minimum Gasteiger partial charge on any atom is -0.326 e. The topological polar surface area (TPSA) is 58.2 Å². The summed E-state index contributed by atoms with van der Waals surface area (Å²) in [5.41, 5.74) is 1.10. The maximum absolute atomic E-state index is 11.2. The first-order valence-corrected chi connectivity index (χ1v) is 6.67. The number of carbonyl (C=O) groups excluding carboxylic acids is 2. The van der Waals surface area contributed by atoms with Crippen LogP contribution < -0.4 is 10.6 Å². The number of nitrogens with one attached hydrogen (secondary N) is 2. The van der Waals surface area contributed by atoms with Crippen molar-refractivity contribution in [3.05, 3.63) is 21.8 Å². The third kappa shape index (κ3) is 2.09. The molecule has 1 saturated heterocycles. The van der Waals surface area contributed by atoms with Gasteiger partial charge in [0.1, 0.15) is 6.04 Å². The Morgan fingerprint density at radius 3 is 2.86 bits per heavy atom. The predicted octanol–water partition coefficient (Wildman–Crippen LogP) is 0.811. The maximum atomic E-state index is 11.2. The fourth-order valence-electron chi connectivity index (χ4n) is 1.31. The van der Waals surface area contributed by atoms with Gasteiger partial charge in [-0.25, -0.2) is 4.79 Å². The fraction of sp³-hybridized carbons (Fsp3) is 0.222. The molecule has 1 fully saturated rings. The number of imide groups is 1. The molecule has 14 heavy (non-hydrogen) atoms. The van der Waals surface area contributed by atoms with Crippen molar-refractivity contribution in [1.82, 2.24) is 10.6 Å². The number of carbonyl (C=O) groups is 2. The van der Waals surface area contributed by atoms with E-state index >= 15 is 0 Å². The molecule has 74 valence electrons. The summed E-state index contributed by atoms with van der Waals surface area (Å²) in [5, 5.41) is 4.78. The van der Waals surface area contributed by atoms with Gasteiger partial charge in [-0.3, -0.25) is 10.1 Å². The summed E-state index contributed by atoms with van der Waals surface area (Å²) in [6.07, 6.45) is 4.64. The summed E-state index contributed by atoms with van der Waals surface area (Å²) in [6, 6.07) is -0.792. The van der Waals surface area contributed by atoms with Gasteiger partial charge in [-0.2, -0.15) is 0 Å². The second-order valence-corrected chi connectivity index (χ2v) is 5.16. The third-order valence-corrected chi connectivity index (χ3v) is 3.55. The Hall–Kier alpha value is -0.980. The van der Waals surface area contributed by atoms with E-state index in [4.69, 9.17) is 0 Å². The number of urea groups is 1. The van der Waals surface area contributed by atoms with E-state index in [1.54, 1.807) is 0 Å². The van der Waals surface area contributed by atoms with Crippen LogP contribution in [0.1, 0.15) is 6.42 Å². The van der Waals surface area contributed by atoms with Crippen LogP contribution in [0.2, 0.25) is 0 Å². The number of hydrogen-bond acceptors (Lipinski definition) is 2. The molecule has 0 bridgehead atoms. The second kappa shape index (κ2) is 4.04. The van der Waals surface area contributed by atoms with E-state index < -0.39 is 12.1 Å². The van der Waals surface area contributed by atoms with Gasteiger partial charge in [0.15, 0.2) is 0 Å². The van der Waals surface area contributed by atoms with E-state index in [2.05, 4.69) is 18.7 Å². The highest BCUT2D eigenvalue weighted by Gasteiger charge is 2.29. The highest BCUT2D eigenvalue weighted by molar-refractivity contribution is 14.2. The minimum absolute atomic E-state index is 0.0781. The summed E-state index contributed by atoms with van der Waals surface area (Å²) >= 11 is 0.0781. The molecule has 2 aliphatic rings. The molecule has 4 nitrogen and oxygen atoms in total. The van der Waals surface area contributed by atoms with E-state index in [0.29, 0.717) is 6.42 Å². The Morgan fingerprint density at radius 2 is 2.29 bits per heavy atom. The van der Waals surface area contributed by atoms with Crippen LogP contribution in [0.3, 0.4) is 0 Å². The summed E-state index contributed by atoms with van der Waals surface area (Å²) in [6.45, 7) is 0. The molecule has 2 rings (SSSR count). The summed E-state index contributed by atoms with van der Waals surface area (Å²) in [5.74, 6) is -0.232. The van der Waals surface area contributed by atoms with Crippen LogP contribution in [0.5, 0.6) is 0 Å². The Balaban J connectivity index is 2.01. The van der Waals surface area contributed by atoms with E-state index in [9.17, 15) is 9.59 Å². The van der Waals surface area contributed by atoms with Gasteiger partial charge in [0.25, 0.3) is 5.91 Å². The number of rotatable bonds is 2. The van der Waals surface area contributed by atoms with Crippen molar-refractivity contribution in [3.8, 4) is 0 Å². The molecule has 0 aromatic rings. The first-order chi connectivity index (χ1) is 6.75. The van der Waals surface area contributed by atoms with Crippen molar-refractivity contribution < 1.29 is 9.59 Å². The van der Waals surface area contributed by atoms with Gasteiger partial charge in [-0.15, -0.1) is 0 Å². The number of allylic oxidation sites excluding steroid dienone is 2. The molecular weight excluding hydrogens is 295 g/mol. The van der Waals surface area contributed by atoms with Crippen LogP contribution in [0.15, 0.2) is 21.8 Å². The zero-order chi connectivity index (χ0) is 9.97. The standard InChI is InChI=1S/C9H9IN2O2/c13-8-7(11-9(14)12-8)5-6-1-3-10-4-2-6/h1-4,7H,5H2,(H2,11,12,13,14). The van der Waals surface area contributed by atoms with Crippen molar-refractivity contribution in [3.63, 3.8) is 0 Å². The Kier molecular flexibility index (Phi) is 2.76. The normalized spacial score (nSPS) is 25.1. The monoisotopic (exact) mass is 304 g/mol. The maximum Gasteiger partial charge on any atom is 0.322 e. The van der Waals surface area contributed by atoms with Crippen LogP contribution >= 0.6 is 20.7 Å². The van der Waals surface area contributed by atoms with Gasteiger partial charge >= 0.3 is 6.03 Å². The largest absolute Gasteiger partial charge is 0.326 e. The molecule has 0 aromatic heterocycles. The first-order valence-electron chi connectivity index (χ1n) is 4.18. The van der Waals surface area contributed by atoms with Crippen molar-refractivity contribution in [2.45, 2.75) is 12.5 Å². The van der Waals surface area contributed by atoms with E-state index in [1.165, 1.54) is 0 Å². The second-order valence-electron chi connectivity index (χ2n) is 3.01. The van der Waals surface area contributed by atoms with Crippen LogP contribution in [-0.2, 0) is 4.79 Å². The number of halogens is 1. The van der Waals surface area contributed by atoms with E-state index in [0.717, 1.165) is 5.57 Å². The molecule has 0 saturated carbocycles. The van der Waals surface area contributed by atoms with Crippen LogP contribution in [0, 0.1) is 0 Å². The Bertz CT molecular complexity index is 371. The van der Waals surface area contributed by atoms with E-state index in [1.807, 2.05) is 12.2 Å². The third-order valence-electron chi connectivity index (χ3n) is 2.00. The van der Waals surface area contributed by atoms with E-state index in [-0.39, 0.29) is 26.6 Å². The molecule has 0 aliphatic carbocycles. The molecule has 0 spiro atoms. The quantitative estimate of drug-likeness (QED) is 0.586. The Labute approximate surface area is 91.2 Å². The fourth-order valence-corrected chi connectivity index (χ4v) is 2.89. The average molecular weight is 304 g/mol. The Morgan fingerprint density at radius 1 is 1.43 bits per heavy atom. The lowest BCUT2D eigenvalue weighted by Gasteiger charge is -2.08. The van der Waals surface area contributed by atoms with Gasteiger partial charge < -0.3 is 5.32 Å².